The number of anilines is 2. The summed E-state index contributed by atoms with van der Waals surface area (Å²) in [4.78, 5) is 39.3. The molecule has 1 atom stereocenters. The normalized spacial score (nSPS) is 13.2. The molecule has 40 heavy (non-hydrogen) atoms. The van der Waals surface area contributed by atoms with Crippen LogP contribution in [0.5, 0.6) is 0 Å². The first kappa shape index (κ1) is 28.9. The Hall–Kier alpha value is -4.05. The second-order valence-electron chi connectivity index (χ2n) is 10.1. The van der Waals surface area contributed by atoms with Gasteiger partial charge in [-0.3, -0.25) is 9.78 Å². The molecule has 1 aliphatic rings. The Morgan fingerprint density at radius 2 is 1.90 bits per heavy atom. The smallest absolute Gasteiger partial charge is 0.326 e. The molecule has 4 N–H and O–H groups in total. The number of fused-ring (bicyclic) bond motifs is 1. The molecule has 10 nitrogen and oxygen atoms in total. The number of aromatic nitrogens is 3. The molecule has 4 rings (SSSR count). The van der Waals surface area contributed by atoms with Crippen LogP contribution in [0.3, 0.4) is 0 Å². The number of hydrogen-bond acceptors (Lipinski definition) is 8. The topological polar surface area (TPSA) is 132 Å². The molecule has 0 fully saturated rings. The van der Waals surface area contributed by atoms with Crippen molar-refractivity contribution in [2.24, 2.45) is 0 Å². The number of rotatable bonds is 15. The van der Waals surface area contributed by atoms with E-state index in [2.05, 4.69) is 43.0 Å². The Bertz CT molecular complexity index is 1260. The van der Waals surface area contributed by atoms with Crippen molar-refractivity contribution < 1.29 is 14.7 Å². The highest BCUT2D eigenvalue weighted by atomic mass is 16.4. The molecular weight excluding hydrogens is 506 g/mol. The van der Waals surface area contributed by atoms with Gasteiger partial charge in [-0.2, -0.15) is 0 Å². The Labute approximate surface area is 235 Å². The summed E-state index contributed by atoms with van der Waals surface area (Å²) in [6, 6.07) is 13.1. The summed E-state index contributed by atoms with van der Waals surface area (Å²) in [5, 5.41) is 19.2. The van der Waals surface area contributed by atoms with Gasteiger partial charge in [0.2, 0.25) is 5.91 Å². The zero-order chi connectivity index (χ0) is 28.2. The Kier molecular flexibility index (Phi) is 10.8. The van der Waals surface area contributed by atoms with Gasteiger partial charge < -0.3 is 26.0 Å². The summed E-state index contributed by atoms with van der Waals surface area (Å²) >= 11 is 0. The van der Waals surface area contributed by atoms with E-state index in [0.29, 0.717) is 37.6 Å². The van der Waals surface area contributed by atoms with Gasteiger partial charge in [0.1, 0.15) is 17.7 Å². The number of carbonyl (C=O) groups excluding carboxylic acids is 1. The van der Waals surface area contributed by atoms with Gasteiger partial charge in [-0.15, -0.1) is 0 Å². The van der Waals surface area contributed by atoms with E-state index in [1.165, 1.54) is 12.5 Å². The molecule has 1 aliphatic heterocycles. The van der Waals surface area contributed by atoms with Gasteiger partial charge >= 0.3 is 5.97 Å². The van der Waals surface area contributed by atoms with E-state index < -0.39 is 12.0 Å². The van der Waals surface area contributed by atoms with E-state index in [0.717, 1.165) is 62.3 Å². The molecule has 3 heterocycles. The molecule has 0 saturated carbocycles. The van der Waals surface area contributed by atoms with Crippen molar-refractivity contribution in [1.82, 2.24) is 25.2 Å². The Balaban J connectivity index is 1.30. The highest BCUT2D eigenvalue weighted by molar-refractivity contribution is 5.77. The van der Waals surface area contributed by atoms with Crippen LogP contribution in [0.2, 0.25) is 0 Å². The third-order valence-electron chi connectivity index (χ3n) is 6.97. The first-order valence-electron chi connectivity index (χ1n) is 14.0. The number of unbranched alkanes of at least 4 members (excludes halogenated alkanes) is 1. The fraction of sp³-hybridized carbons (Fsp3) is 0.433. The largest absolute Gasteiger partial charge is 0.480 e. The molecule has 1 amide bonds. The molecule has 0 unspecified atom stereocenters. The number of nitrogens with zero attached hydrogens (tertiary/aromatic N) is 4. The van der Waals surface area contributed by atoms with E-state index in [-0.39, 0.29) is 5.91 Å². The molecule has 2 aromatic heterocycles. The van der Waals surface area contributed by atoms with Crippen LogP contribution in [0.25, 0.3) is 11.3 Å². The monoisotopic (exact) mass is 545 g/mol. The van der Waals surface area contributed by atoms with Gasteiger partial charge in [-0.25, -0.2) is 14.8 Å². The van der Waals surface area contributed by atoms with Crippen molar-refractivity contribution in [3.63, 3.8) is 0 Å². The van der Waals surface area contributed by atoms with Gasteiger partial charge in [-0.05, 0) is 56.7 Å². The van der Waals surface area contributed by atoms with Crippen molar-refractivity contribution in [2.75, 3.05) is 43.4 Å². The number of amides is 1. The Morgan fingerprint density at radius 3 is 2.70 bits per heavy atom. The molecule has 1 aromatic carbocycles. The van der Waals surface area contributed by atoms with Gasteiger partial charge in [0.15, 0.2) is 0 Å². The molecule has 0 aliphatic carbocycles. The summed E-state index contributed by atoms with van der Waals surface area (Å²) in [6.45, 7) is 5.01. The van der Waals surface area contributed by atoms with Gasteiger partial charge in [-0.1, -0.05) is 36.4 Å². The Morgan fingerprint density at radius 1 is 1.05 bits per heavy atom. The molecule has 0 spiro atoms. The fourth-order valence-corrected chi connectivity index (χ4v) is 4.81. The van der Waals surface area contributed by atoms with Crippen LogP contribution >= 0.6 is 0 Å². The lowest BCUT2D eigenvalue weighted by Gasteiger charge is -2.24. The van der Waals surface area contributed by atoms with Crippen molar-refractivity contribution in [3.05, 3.63) is 66.1 Å². The third-order valence-corrected chi connectivity index (χ3v) is 6.97. The van der Waals surface area contributed by atoms with Crippen LogP contribution in [0.1, 0.15) is 43.9 Å². The van der Waals surface area contributed by atoms with Crippen molar-refractivity contribution >= 4 is 23.5 Å². The first-order chi connectivity index (χ1) is 19.5. The molecule has 0 bridgehead atoms. The van der Waals surface area contributed by atoms with Gasteiger partial charge in [0.25, 0.3) is 0 Å². The second kappa shape index (κ2) is 14.9. The van der Waals surface area contributed by atoms with Gasteiger partial charge in [0, 0.05) is 44.4 Å². The highest BCUT2D eigenvalue weighted by Crippen LogP contribution is 2.21. The SMILES string of the molecule is CC(=O)NCCN(CCCCc1ccc2c(n1)NCCC2)CC[C@H](Nc1cncc(-c2ccccc2)n1)C(=O)O. The lowest BCUT2D eigenvalue weighted by atomic mass is 10.1. The quantitative estimate of drug-likeness (QED) is 0.211. The summed E-state index contributed by atoms with van der Waals surface area (Å²) < 4.78 is 0. The van der Waals surface area contributed by atoms with Crippen LogP contribution in [0.4, 0.5) is 11.6 Å². The van der Waals surface area contributed by atoms with Crippen LogP contribution in [-0.2, 0) is 22.4 Å². The number of benzene rings is 1. The first-order valence-corrected chi connectivity index (χ1v) is 14.0. The van der Waals surface area contributed by atoms with E-state index >= 15 is 0 Å². The van der Waals surface area contributed by atoms with Crippen LogP contribution in [-0.4, -0.2) is 75.6 Å². The number of carboxylic acids is 1. The van der Waals surface area contributed by atoms with E-state index in [9.17, 15) is 14.7 Å². The van der Waals surface area contributed by atoms with E-state index in [1.54, 1.807) is 12.4 Å². The molecular formula is C30H39N7O3. The maximum absolute atomic E-state index is 12.1. The second-order valence-corrected chi connectivity index (χ2v) is 10.1. The number of carbonyl (C=O) groups is 2. The van der Waals surface area contributed by atoms with Gasteiger partial charge in [0.05, 0.1) is 18.1 Å². The molecule has 212 valence electrons. The van der Waals surface area contributed by atoms with E-state index in [4.69, 9.17) is 4.98 Å². The maximum atomic E-state index is 12.1. The average molecular weight is 546 g/mol. The van der Waals surface area contributed by atoms with Crippen molar-refractivity contribution in [1.29, 1.82) is 0 Å². The summed E-state index contributed by atoms with van der Waals surface area (Å²) in [6.07, 6.45) is 8.63. The number of aryl methyl sites for hydroxylation is 2. The number of pyridine rings is 1. The van der Waals surface area contributed by atoms with Crippen LogP contribution in [0.15, 0.2) is 54.9 Å². The standard InChI is InChI=1S/C30H39N7O3/c1-22(38)32-16-19-37(17-6-5-11-25-13-12-24-10-7-15-33-29(24)34-25)18-14-26(30(39)40)35-28-21-31-20-27(36-28)23-8-3-2-4-9-23/h2-4,8-9,12-13,20-21,26H,5-7,10-11,14-19H2,1H3,(H,32,38)(H,33,34)(H,35,36)(H,39,40)/t26-/m0/s1. The van der Waals surface area contributed by atoms with Crippen LogP contribution in [0, 0.1) is 0 Å². The average Bonchev–Trinajstić information content (AvgIpc) is 2.97. The number of nitrogens with one attached hydrogen (secondary N) is 3. The van der Waals surface area contributed by atoms with Crippen molar-refractivity contribution in [3.8, 4) is 11.3 Å². The lowest BCUT2D eigenvalue weighted by Crippen LogP contribution is -2.39. The number of aliphatic carboxylic acids is 1. The summed E-state index contributed by atoms with van der Waals surface area (Å²) in [5.41, 5.74) is 3.97. The predicted octanol–water partition coefficient (Wildman–Crippen LogP) is 3.61. The molecule has 3 aromatic rings. The number of carboxylic acid groups (broad SMARTS) is 1. The lowest BCUT2D eigenvalue weighted by molar-refractivity contribution is -0.138. The molecule has 0 radical (unpaired) electrons. The third kappa shape index (κ3) is 9.01. The maximum Gasteiger partial charge on any atom is 0.326 e. The minimum absolute atomic E-state index is 0.0750. The summed E-state index contributed by atoms with van der Waals surface area (Å²) in [7, 11) is 0. The molecule has 10 heteroatoms. The fourth-order valence-electron chi connectivity index (χ4n) is 4.81. The van der Waals surface area contributed by atoms with Crippen molar-refractivity contribution in [2.45, 2.75) is 51.5 Å². The number of hydrogen-bond donors (Lipinski definition) is 4. The zero-order valence-corrected chi connectivity index (χ0v) is 23.1. The highest BCUT2D eigenvalue weighted by Gasteiger charge is 2.20. The predicted molar refractivity (Wildman–Crippen MR) is 156 cm³/mol. The summed E-state index contributed by atoms with van der Waals surface area (Å²) in [5.74, 6) is 0.423. The zero-order valence-electron chi connectivity index (χ0n) is 23.1. The van der Waals surface area contributed by atoms with E-state index in [1.807, 2.05) is 30.3 Å². The minimum atomic E-state index is -0.944. The molecule has 0 saturated heterocycles. The van der Waals surface area contributed by atoms with Crippen LogP contribution < -0.4 is 16.0 Å². The minimum Gasteiger partial charge on any atom is -0.480 e.